The summed E-state index contributed by atoms with van der Waals surface area (Å²) >= 11 is 0. The number of carboxylic acid groups (broad SMARTS) is 1. The van der Waals surface area contributed by atoms with Gasteiger partial charge in [-0.2, -0.15) is 0 Å². The number of phenolic OH excluding ortho intramolecular Hbond substituents is 1. The molecular formula is C18H14N2O7. The van der Waals surface area contributed by atoms with E-state index < -0.39 is 51.5 Å². The number of Topliss-reactive ketones (excluding diaryl/α,β-unsaturated/α-hetero) is 2. The lowest BCUT2D eigenvalue weighted by Crippen LogP contribution is -2.13. The third-order valence-corrected chi connectivity index (χ3v) is 4.41. The lowest BCUT2D eigenvalue weighted by atomic mass is 9.92. The number of fused-ring (bicyclic) bond motifs is 2. The third kappa shape index (κ3) is 2.65. The Labute approximate surface area is 151 Å². The van der Waals surface area contributed by atoms with E-state index in [9.17, 15) is 29.4 Å². The maximum Gasteiger partial charge on any atom is 0.339 e. The number of nitrogens with two attached hydrogens (primary N) is 2. The van der Waals surface area contributed by atoms with Crippen LogP contribution in [0.2, 0.25) is 0 Å². The van der Waals surface area contributed by atoms with E-state index in [-0.39, 0.29) is 35.3 Å². The van der Waals surface area contributed by atoms with Crippen LogP contribution in [-0.2, 0) is 0 Å². The van der Waals surface area contributed by atoms with Crippen molar-refractivity contribution in [3.63, 3.8) is 0 Å². The Morgan fingerprint density at radius 1 is 0.926 bits per heavy atom. The summed E-state index contributed by atoms with van der Waals surface area (Å²) in [4.78, 5) is 48.5. The molecule has 2 aromatic carbocycles. The maximum atomic E-state index is 12.9. The monoisotopic (exact) mass is 370 g/mol. The van der Waals surface area contributed by atoms with Gasteiger partial charge in [0.15, 0.2) is 11.6 Å². The molecule has 3 rings (SSSR count). The highest BCUT2D eigenvalue weighted by Gasteiger charge is 2.32. The molecule has 0 heterocycles. The molecule has 9 nitrogen and oxygen atoms in total. The third-order valence-electron chi connectivity index (χ3n) is 4.41. The standard InChI is InChI=1S/C18H14N2O7/c19-9-2-1-6(18(26)27)15(23)12(9)16(24)8-5-7-10(21)3-4-11(22)13(14(7)20)17(8)25/h1-2,5,23,25H,3-4,19-20H2,(H,26,27). The van der Waals surface area contributed by atoms with Crippen LogP contribution in [0.5, 0.6) is 11.5 Å². The minimum Gasteiger partial charge on any atom is -0.506 e. The summed E-state index contributed by atoms with van der Waals surface area (Å²) < 4.78 is 0. The van der Waals surface area contributed by atoms with Gasteiger partial charge in [-0.15, -0.1) is 0 Å². The first-order valence-electron chi connectivity index (χ1n) is 7.76. The Bertz CT molecular complexity index is 1060. The van der Waals surface area contributed by atoms with Crippen LogP contribution in [0.3, 0.4) is 0 Å². The van der Waals surface area contributed by atoms with E-state index in [1.54, 1.807) is 0 Å². The van der Waals surface area contributed by atoms with Crippen molar-refractivity contribution in [2.45, 2.75) is 12.8 Å². The number of carbonyl (C=O) groups is 4. The van der Waals surface area contributed by atoms with Crippen LogP contribution in [0, 0.1) is 0 Å². The van der Waals surface area contributed by atoms with E-state index in [1.165, 1.54) is 0 Å². The van der Waals surface area contributed by atoms with E-state index in [1.807, 2.05) is 0 Å². The summed E-state index contributed by atoms with van der Waals surface area (Å²) in [5.74, 6) is -5.27. The molecule has 2 aromatic rings. The maximum absolute atomic E-state index is 12.9. The number of ketones is 3. The van der Waals surface area contributed by atoms with Gasteiger partial charge in [0, 0.05) is 24.1 Å². The van der Waals surface area contributed by atoms with Gasteiger partial charge in [0.25, 0.3) is 0 Å². The predicted molar refractivity (Wildman–Crippen MR) is 93.3 cm³/mol. The summed E-state index contributed by atoms with van der Waals surface area (Å²) in [6, 6.07) is 3.15. The number of hydrogen-bond acceptors (Lipinski definition) is 8. The summed E-state index contributed by atoms with van der Waals surface area (Å²) in [6.45, 7) is 0. The van der Waals surface area contributed by atoms with Crippen molar-refractivity contribution in [3.05, 3.63) is 46.0 Å². The van der Waals surface area contributed by atoms with Gasteiger partial charge in [-0.25, -0.2) is 4.79 Å². The predicted octanol–water partition coefficient (Wildman–Crippen LogP) is 1.35. The van der Waals surface area contributed by atoms with Crippen LogP contribution < -0.4 is 11.5 Å². The molecule has 138 valence electrons. The van der Waals surface area contributed by atoms with Gasteiger partial charge in [-0.3, -0.25) is 14.4 Å². The Morgan fingerprint density at radius 2 is 1.56 bits per heavy atom. The SMILES string of the molecule is Nc1ccc(C(=O)O)c(O)c1C(=O)c1cc2c(N)c(c1O)C(=O)CCC2=O. The van der Waals surface area contributed by atoms with E-state index in [2.05, 4.69) is 0 Å². The first kappa shape index (κ1) is 17.9. The fourth-order valence-corrected chi connectivity index (χ4v) is 3.01. The van der Waals surface area contributed by atoms with Crippen LogP contribution >= 0.6 is 0 Å². The molecule has 0 amide bonds. The number of rotatable bonds is 3. The molecule has 9 heteroatoms. The second-order valence-corrected chi connectivity index (χ2v) is 6.02. The first-order chi connectivity index (χ1) is 12.6. The van der Waals surface area contributed by atoms with Gasteiger partial charge in [-0.05, 0) is 18.2 Å². The summed E-state index contributed by atoms with van der Waals surface area (Å²) in [5, 5.41) is 29.7. The zero-order valence-electron chi connectivity index (χ0n) is 13.8. The molecule has 1 aliphatic carbocycles. The summed E-state index contributed by atoms with van der Waals surface area (Å²) in [5.41, 5.74) is 8.95. The molecule has 2 bridgehead atoms. The van der Waals surface area contributed by atoms with Gasteiger partial charge < -0.3 is 26.8 Å². The number of hydrogen-bond donors (Lipinski definition) is 5. The molecule has 7 N–H and O–H groups in total. The number of phenols is 2. The minimum atomic E-state index is -1.49. The second kappa shape index (κ2) is 6.13. The van der Waals surface area contributed by atoms with Crippen LogP contribution in [0.15, 0.2) is 18.2 Å². The number of nitrogen functional groups attached to an aromatic ring is 2. The number of aromatic hydroxyl groups is 2. The Hall–Kier alpha value is -3.88. The molecule has 0 saturated carbocycles. The lowest BCUT2D eigenvalue weighted by molar-refractivity contribution is 0.0693. The van der Waals surface area contributed by atoms with Crippen molar-refractivity contribution in [2.24, 2.45) is 0 Å². The average Bonchev–Trinajstić information content (AvgIpc) is 2.65. The van der Waals surface area contributed by atoms with Gasteiger partial charge in [0.1, 0.15) is 17.1 Å². The number of anilines is 2. The fourth-order valence-electron chi connectivity index (χ4n) is 3.01. The second-order valence-electron chi connectivity index (χ2n) is 6.02. The van der Waals surface area contributed by atoms with Crippen molar-refractivity contribution < 1.29 is 34.5 Å². The molecule has 0 aliphatic heterocycles. The number of aromatic carboxylic acids is 1. The fraction of sp³-hybridized carbons (Fsp3) is 0.111. The zero-order chi connectivity index (χ0) is 20.0. The van der Waals surface area contributed by atoms with E-state index in [4.69, 9.17) is 16.6 Å². The molecule has 0 aromatic heterocycles. The molecule has 0 atom stereocenters. The van der Waals surface area contributed by atoms with Crippen molar-refractivity contribution in [1.82, 2.24) is 0 Å². The van der Waals surface area contributed by atoms with Crippen molar-refractivity contribution in [1.29, 1.82) is 0 Å². The van der Waals surface area contributed by atoms with Gasteiger partial charge in [0.2, 0.25) is 5.78 Å². The molecule has 0 fully saturated rings. The highest BCUT2D eigenvalue weighted by atomic mass is 16.4. The number of benzene rings is 2. The van der Waals surface area contributed by atoms with Gasteiger partial charge in [0.05, 0.1) is 22.4 Å². The van der Waals surface area contributed by atoms with Crippen molar-refractivity contribution >= 4 is 34.7 Å². The number of carboxylic acids is 1. The largest absolute Gasteiger partial charge is 0.506 e. The molecule has 0 radical (unpaired) electrons. The lowest BCUT2D eigenvalue weighted by Gasteiger charge is -2.14. The average molecular weight is 370 g/mol. The van der Waals surface area contributed by atoms with Crippen molar-refractivity contribution in [2.75, 3.05) is 11.5 Å². The van der Waals surface area contributed by atoms with Crippen LogP contribution in [-0.4, -0.2) is 38.6 Å². The summed E-state index contributed by atoms with van der Waals surface area (Å²) in [7, 11) is 0. The molecule has 0 unspecified atom stereocenters. The topological polar surface area (TPSA) is 181 Å². The Morgan fingerprint density at radius 3 is 2.19 bits per heavy atom. The van der Waals surface area contributed by atoms with E-state index >= 15 is 0 Å². The highest BCUT2D eigenvalue weighted by molar-refractivity contribution is 6.22. The van der Waals surface area contributed by atoms with Crippen LogP contribution in [0.4, 0.5) is 11.4 Å². The first-order valence-corrected chi connectivity index (χ1v) is 7.76. The number of carbonyl (C=O) groups excluding carboxylic acids is 3. The molecule has 0 spiro atoms. The molecule has 27 heavy (non-hydrogen) atoms. The Balaban J connectivity index is 2.30. The van der Waals surface area contributed by atoms with E-state index in [0.717, 1.165) is 18.2 Å². The highest BCUT2D eigenvalue weighted by Crippen LogP contribution is 2.39. The smallest absolute Gasteiger partial charge is 0.339 e. The van der Waals surface area contributed by atoms with Crippen LogP contribution in [0.1, 0.15) is 59.8 Å². The van der Waals surface area contributed by atoms with Gasteiger partial charge in [-0.1, -0.05) is 0 Å². The quantitative estimate of drug-likeness (QED) is 0.393. The summed E-state index contributed by atoms with van der Waals surface area (Å²) in [6.07, 6.45) is -0.314. The molecule has 1 aliphatic rings. The normalized spacial score (nSPS) is 13.3. The molecule has 0 saturated heterocycles. The van der Waals surface area contributed by atoms with Crippen LogP contribution in [0.25, 0.3) is 0 Å². The molecular weight excluding hydrogens is 356 g/mol. The zero-order valence-corrected chi connectivity index (χ0v) is 13.8. The minimum absolute atomic E-state index is 0.107. The van der Waals surface area contributed by atoms with Gasteiger partial charge >= 0.3 is 5.97 Å². The van der Waals surface area contributed by atoms with E-state index in [0.29, 0.717) is 0 Å². The Kier molecular flexibility index (Phi) is 4.07. The van der Waals surface area contributed by atoms with Crippen molar-refractivity contribution in [3.8, 4) is 11.5 Å².